The fraction of sp³-hybridized carbons (Fsp3) is 0.353. The van der Waals surface area contributed by atoms with Crippen molar-refractivity contribution >= 4 is 39.5 Å². The molecule has 0 bridgehead atoms. The maximum Gasteiger partial charge on any atom is 0.258 e. The van der Waals surface area contributed by atoms with Crippen molar-refractivity contribution < 1.29 is 4.79 Å². The molecule has 1 heterocycles. The molecular formula is C17H19ClN2OS. The summed E-state index contributed by atoms with van der Waals surface area (Å²) in [6, 6.07) is 7.24. The molecule has 1 amide bonds. The van der Waals surface area contributed by atoms with Crippen LogP contribution in [-0.2, 0) is 12.8 Å². The summed E-state index contributed by atoms with van der Waals surface area (Å²) >= 11 is 7.67. The van der Waals surface area contributed by atoms with Crippen LogP contribution in [0.2, 0.25) is 5.02 Å². The molecule has 5 heteroatoms. The number of carbonyl (C=O) groups excluding carboxylic acids is 1. The van der Waals surface area contributed by atoms with Gasteiger partial charge in [-0.15, -0.1) is 11.3 Å². The van der Waals surface area contributed by atoms with Crippen molar-refractivity contribution in [2.75, 3.05) is 11.1 Å². The number of amides is 1. The third-order valence-electron chi connectivity index (χ3n) is 4.32. The van der Waals surface area contributed by atoms with Crippen molar-refractivity contribution in [2.24, 2.45) is 5.92 Å². The number of halogens is 1. The zero-order chi connectivity index (χ0) is 15.7. The first-order valence-electron chi connectivity index (χ1n) is 7.56. The summed E-state index contributed by atoms with van der Waals surface area (Å²) in [5.74, 6) is 0.558. The topological polar surface area (TPSA) is 55.1 Å². The lowest BCUT2D eigenvalue weighted by Gasteiger charge is -2.21. The number of anilines is 2. The zero-order valence-electron chi connectivity index (χ0n) is 12.5. The van der Waals surface area contributed by atoms with E-state index in [-0.39, 0.29) is 5.91 Å². The summed E-state index contributed by atoms with van der Waals surface area (Å²) in [5.41, 5.74) is 8.53. The van der Waals surface area contributed by atoms with Gasteiger partial charge in [0.2, 0.25) is 0 Å². The van der Waals surface area contributed by atoms with E-state index in [1.165, 1.54) is 11.3 Å². The molecule has 0 spiro atoms. The highest BCUT2D eigenvalue weighted by Gasteiger charge is 2.27. The Kier molecular flexibility index (Phi) is 4.41. The third-order valence-corrected chi connectivity index (χ3v) is 5.73. The van der Waals surface area contributed by atoms with Crippen molar-refractivity contribution in [1.29, 1.82) is 0 Å². The maximum atomic E-state index is 12.6. The second-order valence-corrected chi connectivity index (χ2v) is 7.24. The number of thiophene rings is 1. The maximum absolute atomic E-state index is 12.6. The Morgan fingerprint density at radius 3 is 2.95 bits per heavy atom. The summed E-state index contributed by atoms with van der Waals surface area (Å²) in [4.78, 5) is 13.9. The number of hydrogen-bond donors (Lipinski definition) is 2. The number of para-hydroxylation sites is 1. The monoisotopic (exact) mass is 334 g/mol. The second kappa shape index (κ2) is 6.31. The van der Waals surface area contributed by atoms with Crippen molar-refractivity contribution in [3.05, 3.63) is 45.3 Å². The molecule has 1 aliphatic rings. The minimum Gasteiger partial charge on any atom is -0.390 e. The molecule has 1 aliphatic carbocycles. The van der Waals surface area contributed by atoms with Gasteiger partial charge < -0.3 is 11.1 Å². The average Bonchev–Trinajstić information content (AvgIpc) is 2.84. The Balaban J connectivity index is 1.88. The molecule has 0 aliphatic heterocycles. The van der Waals surface area contributed by atoms with Crippen LogP contribution < -0.4 is 11.1 Å². The van der Waals surface area contributed by atoms with Crippen molar-refractivity contribution in [2.45, 2.75) is 32.6 Å². The molecule has 3 N–H and O–H groups in total. The van der Waals surface area contributed by atoms with Gasteiger partial charge in [-0.05, 0) is 42.9 Å². The number of nitrogen functional groups attached to an aromatic ring is 1. The Hall–Kier alpha value is -1.52. The highest BCUT2D eigenvalue weighted by molar-refractivity contribution is 7.16. The summed E-state index contributed by atoms with van der Waals surface area (Å²) in [6.07, 6.45) is 4.29. The lowest BCUT2D eigenvalue weighted by molar-refractivity contribution is 0.102. The SMILES string of the molecule is CC[C@H]1CCc2c(sc(N)c2C(=O)Nc2ccccc2Cl)C1. The van der Waals surface area contributed by atoms with Crippen LogP contribution in [0.4, 0.5) is 10.7 Å². The van der Waals surface area contributed by atoms with E-state index in [2.05, 4.69) is 12.2 Å². The van der Waals surface area contributed by atoms with Crippen LogP contribution in [0, 0.1) is 5.92 Å². The van der Waals surface area contributed by atoms with Gasteiger partial charge in [0.1, 0.15) is 0 Å². The van der Waals surface area contributed by atoms with Crippen LogP contribution in [0.5, 0.6) is 0 Å². The average molecular weight is 335 g/mol. The standard InChI is InChI=1S/C17H19ClN2OS/c1-2-10-7-8-11-14(9-10)22-16(19)15(11)17(21)20-13-6-4-3-5-12(13)18/h3-6,10H,2,7-9,19H2,1H3,(H,20,21)/t10-/m0/s1. The number of fused-ring (bicyclic) bond motifs is 1. The quantitative estimate of drug-likeness (QED) is 0.850. The van der Waals surface area contributed by atoms with Crippen LogP contribution in [-0.4, -0.2) is 5.91 Å². The molecule has 2 aromatic rings. The van der Waals surface area contributed by atoms with Gasteiger partial charge >= 0.3 is 0 Å². The third kappa shape index (κ3) is 2.85. The lowest BCUT2D eigenvalue weighted by Crippen LogP contribution is -2.18. The van der Waals surface area contributed by atoms with Gasteiger partial charge in [-0.25, -0.2) is 0 Å². The van der Waals surface area contributed by atoms with Crippen LogP contribution in [0.1, 0.15) is 40.6 Å². The summed E-state index contributed by atoms with van der Waals surface area (Å²) in [5, 5.41) is 4.03. The fourth-order valence-corrected chi connectivity index (χ4v) is 4.43. The Bertz CT molecular complexity index is 711. The molecule has 1 aromatic heterocycles. The van der Waals surface area contributed by atoms with Gasteiger partial charge in [0.25, 0.3) is 5.91 Å². The lowest BCUT2D eigenvalue weighted by atomic mass is 9.85. The van der Waals surface area contributed by atoms with Crippen LogP contribution in [0.3, 0.4) is 0 Å². The van der Waals surface area contributed by atoms with E-state index in [0.717, 1.165) is 24.8 Å². The second-order valence-electron chi connectivity index (χ2n) is 5.69. The van der Waals surface area contributed by atoms with Gasteiger partial charge in [-0.3, -0.25) is 4.79 Å². The van der Waals surface area contributed by atoms with Crippen LogP contribution in [0.25, 0.3) is 0 Å². The normalized spacial score (nSPS) is 17.1. The van der Waals surface area contributed by atoms with E-state index < -0.39 is 0 Å². The molecule has 22 heavy (non-hydrogen) atoms. The summed E-state index contributed by atoms with van der Waals surface area (Å²) in [6.45, 7) is 2.22. The number of rotatable bonds is 3. The molecule has 116 valence electrons. The van der Waals surface area contributed by atoms with E-state index >= 15 is 0 Å². The predicted octanol–water partition coefficient (Wildman–Crippen LogP) is 4.75. The number of benzene rings is 1. The van der Waals surface area contributed by atoms with Crippen molar-refractivity contribution in [1.82, 2.24) is 0 Å². The molecule has 1 aromatic carbocycles. The molecule has 3 rings (SSSR count). The Morgan fingerprint density at radius 1 is 1.45 bits per heavy atom. The molecule has 0 fully saturated rings. The first-order valence-corrected chi connectivity index (χ1v) is 8.75. The smallest absolute Gasteiger partial charge is 0.258 e. The van der Waals surface area contributed by atoms with Crippen molar-refractivity contribution in [3.63, 3.8) is 0 Å². The number of nitrogens with two attached hydrogens (primary N) is 1. The highest BCUT2D eigenvalue weighted by atomic mass is 35.5. The van der Waals surface area contributed by atoms with E-state index in [1.807, 2.05) is 12.1 Å². The highest BCUT2D eigenvalue weighted by Crippen LogP contribution is 2.39. The summed E-state index contributed by atoms with van der Waals surface area (Å²) in [7, 11) is 0. The van der Waals surface area contributed by atoms with Gasteiger partial charge in [0.15, 0.2) is 0 Å². The summed E-state index contributed by atoms with van der Waals surface area (Å²) < 4.78 is 0. The van der Waals surface area contributed by atoms with Gasteiger partial charge in [0.05, 0.1) is 21.3 Å². The molecule has 0 saturated carbocycles. The molecular weight excluding hydrogens is 316 g/mol. The largest absolute Gasteiger partial charge is 0.390 e. The number of nitrogens with one attached hydrogen (secondary N) is 1. The first-order chi connectivity index (χ1) is 10.6. The molecule has 1 atom stereocenters. The van der Waals surface area contributed by atoms with Crippen LogP contribution >= 0.6 is 22.9 Å². The van der Waals surface area contributed by atoms with E-state index in [0.29, 0.717) is 27.2 Å². The molecule has 3 nitrogen and oxygen atoms in total. The number of carbonyl (C=O) groups is 1. The van der Waals surface area contributed by atoms with Gasteiger partial charge in [-0.1, -0.05) is 37.1 Å². The van der Waals surface area contributed by atoms with E-state index in [9.17, 15) is 4.79 Å². The van der Waals surface area contributed by atoms with Crippen molar-refractivity contribution in [3.8, 4) is 0 Å². The minimum absolute atomic E-state index is 0.155. The van der Waals surface area contributed by atoms with Gasteiger partial charge in [-0.2, -0.15) is 0 Å². The fourth-order valence-electron chi connectivity index (χ4n) is 3.02. The predicted molar refractivity (Wildman–Crippen MR) is 93.9 cm³/mol. The van der Waals surface area contributed by atoms with E-state index in [4.69, 9.17) is 17.3 Å². The molecule has 0 unspecified atom stereocenters. The Labute approximate surface area is 139 Å². The number of hydrogen-bond acceptors (Lipinski definition) is 3. The van der Waals surface area contributed by atoms with E-state index in [1.54, 1.807) is 23.5 Å². The first kappa shape index (κ1) is 15.4. The molecule has 0 saturated heterocycles. The van der Waals surface area contributed by atoms with Crippen LogP contribution in [0.15, 0.2) is 24.3 Å². The minimum atomic E-state index is -0.155. The zero-order valence-corrected chi connectivity index (χ0v) is 14.1. The van der Waals surface area contributed by atoms with Gasteiger partial charge in [0, 0.05) is 4.88 Å². The molecule has 0 radical (unpaired) electrons. The Morgan fingerprint density at radius 2 is 2.23 bits per heavy atom.